The first-order valence-electron chi connectivity index (χ1n) is 5.75. The maximum atomic E-state index is 11.2. The van der Waals surface area contributed by atoms with Crippen LogP contribution in [0.25, 0.3) is 0 Å². The number of methoxy groups -OCH3 is 1. The fourth-order valence-corrected chi connectivity index (χ4v) is 1.36. The van der Waals surface area contributed by atoms with Crippen LogP contribution in [0.15, 0.2) is 16.5 Å². The third kappa shape index (κ3) is 4.23. The average molecular weight is 239 g/mol. The van der Waals surface area contributed by atoms with Crippen molar-refractivity contribution in [2.45, 2.75) is 33.7 Å². The van der Waals surface area contributed by atoms with E-state index in [9.17, 15) is 4.79 Å². The van der Waals surface area contributed by atoms with Gasteiger partial charge in [0, 0.05) is 6.54 Å². The zero-order valence-corrected chi connectivity index (χ0v) is 11.2. The summed E-state index contributed by atoms with van der Waals surface area (Å²) < 4.78 is 10.0. The minimum Gasteiger partial charge on any atom is -0.463 e. The number of ether oxygens (including phenoxy) is 1. The van der Waals surface area contributed by atoms with Crippen molar-refractivity contribution in [2.24, 2.45) is 5.41 Å². The summed E-state index contributed by atoms with van der Waals surface area (Å²) in [6.45, 7) is 9.37. The van der Waals surface area contributed by atoms with Crippen molar-refractivity contribution in [3.05, 3.63) is 23.7 Å². The number of hydrogen-bond donors (Lipinski definition) is 1. The lowest BCUT2D eigenvalue weighted by Gasteiger charge is -2.21. The Morgan fingerprint density at radius 2 is 2.12 bits per heavy atom. The van der Waals surface area contributed by atoms with Crippen LogP contribution in [-0.4, -0.2) is 19.6 Å². The average Bonchev–Trinajstić information content (AvgIpc) is 2.73. The van der Waals surface area contributed by atoms with Crippen molar-refractivity contribution in [1.29, 1.82) is 0 Å². The summed E-state index contributed by atoms with van der Waals surface area (Å²) in [5.74, 6) is 0.542. The molecule has 1 aromatic heterocycles. The second kappa shape index (κ2) is 5.36. The molecule has 4 nitrogen and oxygen atoms in total. The van der Waals surface area contributed by atoms with Crippen molar-refractivity contribution < 1.29 is 13.9 Å². The summed E-state index contributed by atoms with van der Waals surface area (Å²) in [7, 11) is 1.34. The molecule has 0 saturated heterocycles. The van der Waals surface area contributed by atoms with Crippen molar-refractivity contribution in [3.8, 4) is 0 Å². The smallest absolute Gasteiger partial charge is 0.373 e. The lowest BCUT2D eigenvalue weighted by Crippen LogP contribution is -2.29. The number of carbonyl (C=O) groups is 1. The quantitative estimate of drug-likeness (QED) is 0.821. The van der Waals surface area contributed by atoms with Gasteiger partial charge in [0.25, 0.3) is 0 Å². The summed E-state index contributed by atoms with van der Waals surface area (Å²) in [4.78, 5) is 11.2. The van der Waals surface area contributed by atoms with Gasteiger partial charge in [-0.1, -0.05) is 20.8 Å². The number of furan rings is 1. The van der Waals surface area contributed by atoms with Crippen LogP contribution in [0.5, 0.6) is 0 Å². The summed E-state index contributed by atoms with van der Waals surface area (Å²) in [5.41, 5.74) is 0.214. The lowest BCUT2D eigenvalue weighted by atomic mass is 9.96. The molecule has 1 atom stereocenters. The van der Waals surface area contributed by atoms with Gasteiger partial charge in [-0.25, -0.2) is 4.79 Å². The van der Waals surface area contributed by atoms with Gasteiger partial charge in [-0.3, -0.25) is 0 Å². The van der Waals surface area contributed by atoms with E-state index < -0.39 is 5.97 Å². The van der Waals surface area contributed by atoms with E-state index in [1.807, 2.05) is 6.92 Å². The molecule has 1 rings (SSSR count). The third-order valence-electron chi connectivity index (χ3n) is 2.38. The molecule has 0 aliphatic heterocycles. The highest BCUT2D eigenvalue weighted by atomic mass is 16.5. The molecule has 0 radical (unpaired) electrons. The third-order valence-corrected chi connectivity index (χ3v) is 2.38. The second-order valence-electron chi connectivity index (χ2n) is 5.36. The lowest BCUT2D eigenvalue weighted by molar-refractivity contribution is 0.0562. The van der Waals surface area contributed by atoms with E-state index in [1.165, 1.54) is 7.11 Å². The zero-order valence-electron chi connectivity index (χ0n) is 11.2. The van der Waals surface area contributed by atoms with Crippen LogP contribution in [0.3, 0.4) is 0 Å². The molecule has 0 fully saturated rings. The van der Waals surface area contributed by atoms with Crippen molar-refractivity contribution in [1.82, 2.24) is 5.32 Å². The van der Waals surface area contributed by atoms with Crippen molar-refractivity contribution in [2.75, 3.05) is 13.7 Å². The Bertz CT molecular complexity index is 376. The van der Waals surface area contributed by atoms with Crippen molar-refractivity contribution in [3.63, 3.8) is 0 Å². The van der Waals surface area contributed by atoms with Crippen LogP contribution in [0, 0.1) is 5.41 Å². The van der Waals surface area contributed by atoms with E-state index in [0.29, 0.717) is 0 Å². The van der Waals surface area contributed by atoms with Crippen LogP contribution in [-0.2, 0) is 4.74 Å². The molecule has 1 heterocycles. The molecule has 4 heteroatoms. The molecule has 1 aromatic rings. The molecule has 0 aliphatic rings. The number of rotatable bonds is 4. The molecular weight excluding hydrogens is 218 g/mol. The van der Waals surface area contributed by atoms with Gasteiger partial charge < -0.3 is 14.5 Å². The van der Waals surface area contributed by atoms with Gasteiger partial charge >= 0.3 is 5.97 Å². The van der Waals surface area contributed by atoms with Crippen LogP contribution < -0.4 is 5.32 Å². The van der Waals surface area contributed by atoms with Gasteiger partial charge in [0.2, 0.25) is 5.76 Å². The van der Waals surface area contributed by atoms with E-state index in [1.54, 1.807) is 12.1 Å². The highest BCUT2D eigenvalue weighted by Crippen LogP contribution is 2.19. The molecule has 1 unspecified atom stereocenters. The molecular formula is C13H21NO3. The number of esters is 1. The van der Waals surface area contributed by atoms with Gasteiger partial charge in [0.1, 0.15) is 5.76 Å². The predicted molar refractivity (Wildman–Crippen MR) is 65.9 cm³/mol. The minimum atomic E-state index is -0.445. The summed E-state index contributed by atoms with van der Waals surface area (Å²) >= 11 is 0. The highest BCUT2D eigenvalue weighted by molar-refractivity contribution is 5.86. The van der Waals surface area contributed by atoms with Gasteiger partial charge in [-0.2, -0.15) is 0 Å². The normalized spacial score (nSPS) is 13.5. The maximum Gasteiger partial charge on any atom is 0.373 e. The monoisotopic (exact) mass is 239 g/mol. The van der Waals surface area contributed by atoms with Crippen LogP contribution in [0.4, 0.5) is 0 Å². The van der Waals surface area contributed by atoms with Crippen LogP contribution in [0.2, 0.25) is 0 Å². The van der Waals surface area contributed by atoms with Crippen LogP contribution in [0.1, 0.15) is 50.1 Å². The van der Waals surface area contributed by atoms with E-state index in [0.717, 1.165) is 12.3 Å². The minimum absolute atomic E-state index is 0.0765. The largest absolute Gasteiger partial charge is 0.463 e. The van der Waals surface area contributed by atoms with Crippen molar-refractivity contribution >= 4 is 5.97 Å². The molecule has 0 aromatic carbocycles. The topological polar surface area (TPSA) is 51.5 Å². The van der Waals surface area contributed by atoms with E-state index >= 15 is 0 Å². The molecule has 0 saturated carbocycles. The van der Waals surface area contributed by atoms with Gasteiger partial charge in [0.05, 0.1) is 13.2 Å². The molecule has 1 N–H and O–H groups in total. The molecule has 0 amide bonds. The number of hydrogen-bond acceptors (Lipinski definition) is 4. The molecule has 0 aliphatic carbocycles. The standard InChI is InChI=1S/C13H21NO3/c1-9(14-8-13(2,3)4)10-6-7-11(17-10)12(15)16-5/h6-7,9,14H,8H2,1-5H3. The second-order valence-corrected chi connectivity index (χ2v) is 5.36. The Morgan fingerprint density at radius 1 is 1.47 bits per heavy atom. The fourth-order valence-electron chi connectivity index (χ4n) is 1.36. The highest BCUT2D eigenvalue weighted by Gasteiger charge is 2.17. The first-order chi connectivity index (χ1) is 7.83. The molecule has 0 spiro atoms. The predicted octanol–water partition coefficient (Wildman–Crippen LogP) is 2.76. The number of carbonyl (C=O) groups excluding carboxylic acids is 1. The zero-order chi connectivity index (χ0) is 13.1. The SMILES string of the molecule is COC(=O)c1ccc(C(C)NCC(C)(C)C)o1. The fraction of sp³-hybridized carbons (Fsp3) is 0.615. The van der Waals surface area contributed by atoms with E-state index in [2.05, 4.69) is 30.8 Å². The Labute approximate surface area is 102 Å². The molecule has 17 heavy (non-hydrogen) atoms. The summed E-state index contributed by atoms with van der Waals surface area (Å²) in [5, 5.41) is 3.36. The summed E-state index contributed by atoms with van der Waals surface area (Å²) in [6.07, 6.45) is 0. The van der Waals surface area contributed by atoms with Gasteiger partial charge in [-0.05, 0) is 24.5 Å². The first kappa shape index (κ1) is 13.8. The van der Waals surface area contributed by atoms with E-state index in [-0.39, 0.29) is 17.2 Å². The number of nitrogens with one attached hydrogen (secondary N) is 1. The molecule has 0 bridgehead atoms. The Hall–Kier alpha value is -1.29. The maximum absolute atomic E-state index is 11.2. The Balaban J connectivity index is 2.61. The van der Waals surface area contributed by atoms with Gasteiger partial charge in [-0.15, -0.1) is 0 Å². The Kier molecular flexibility index (Phi) is 4.34. The summed E-state index contributed by atoms with van der Waals surface area (Å²) in [6, 6.07) is 3.51. The van der Waals surface area contributed by atoms with E-state index in [4.69, 9.17) is 4.42 Å². The van der Waals surface area contributed by atoms with Gasteiger partial charge in [0.15, 0.2) is 0 Å². The van der Waals surface area contributed by atoms with Crippen LogP contribution >= 0.6 is 0 Å². The Morgan fingerprint density at radius 3 is 2.65 bits per heavy atom. The first-order valence-corrected chi connectivity index (χ1v) is 5.75. The molecule has 96 valence electrons.